The molecule has 0 aliphatic carbocycles. The van der Waals surface area contributed by atoms with Gasteiger partial charge < -0.3 is 10.1 Å². The molecule has 27 heavy (non-hydrogen) atoms. The van der Waals surface area contributed by atoms with E-state index in [0.717, 1.165) is 5.69 Å². The van der Waals surface area contributed by atoms with Gasteiger partial charge in [0.25, 0.3) is 11.6 Å². The van der Waals surface area contributed by atoms with Gasteiger partial charge in [-0.3, -0.25) is 14.9 Å². The van der Waals surface area contributed by atoms with Crippen LogP contribution in [0.3, 0.4) is 0 Å². The number of aromatic nitrogens is 1. The first-order valence-electron chi connectivity index (χ1n) is 7.80. The molecule has 0 radical (unpaired) electrons. The van der Waals surface area contributed by atoms with Gasteiger partial charge in [0, 0.05) is 28.4 Å². The molecular formula is C18H15N3O4S2. The van der Waals surface area contributed by atoms with Gasteiger partial charge in [0.2, 0.25) is 0 Å². The molecule has 2 aromatic carbocycles. The molecule has 0 fully saturated rings. The van der Waals surface area contributed by atoms with Gasteiger partial charge in [-0.2, -0.15) is 0 Å². The van der Waals surface area contributed by atoms with Crippen molar-refractivity contribution in [2.24, 2.45) is 0 Å². The fourth-order valence-corrected chi connectivity index (χ4v) is 4.12. The highest BCUT2D eigenvalue weighted by atomic mass is 32.2. The average molecular weight is 401 g/mol. The first kappa shape index (κ1) is 18.9. The second-order valence-corrected chi connectivity index (χ2v) is 7.63. The third-order valence-corrected chi connectivity index (χ3v) is 5.68. The highest BCUT2D eigenvalue weighted by Crippen LogP contribution is 2.36. The number of nitro groups is 1. The van der Waals surface area contributed by atoms with Gasteiger partial charge in [-0.1, -0.05) is 11.8 Å². The summed E-state index contributed by atoms with van der Waals surface area (Å²) in [6.45, 7) is 1.86. The maximum absolute atomic E-state index is 12.4. The molecule has 0 aliphatic rings. The van der Waals surface area contributed by atoms with Crippen molar-refractivity contribution in [1.29, 1.82) is 0 Å². The third-order valence-electron chi connectivity index (χ3n) is 3.56. The molecule has 0 saturated carbocycles. The van der Waals surface area contributed by atoms with Crippen molar-refractivity contribution in [3.05, 3.63) is 69.2 Å². The van der Waals surface area contributed by atoms with Crippen molar-refractivity contribution in [2.45, 2.75) is 16.2 Å². The van der Waals surface area contributed by atoms with Crippen molar-refractivity contribution < 1.29 is 14.5 Å². The minimum Gasteiger partial charge on any atom is -0.497 e. The van der Waals surface area contributed by atoms with Crippen molar-refractivity contribution >= 4 is 40.4 Å². The summed E-state index contributed by atoms with van der Waals surface area (Å²) in [7, 11) is 1.55. The van der Waals surface area contributed by atoms with Gasteiger partial charge in [-0.15, -0.1) is 11.3 Å². The molecule has 0 atom stereocenters. The highest BCUT2D eigenvalue weighted by molar-refractivity contribution is 8.01. The van der Waals surface area contributed by atoms with Crippen LogP contribution in [-0.4, -0.2) is 22.9 Å². The number of aryl methyl sites for hydroxylation is 1. The largest absolute Gasteiger partial charge is 0.497 e. The Labute approximate surface area is 163 Å². The summed E-state index contributed by atoms with van der Waals surface area (Å²) in [5.74, 6) is 0.243. The maximum Gasteiger partial charge on any atom is 0.284 e. The molecule has 7 nitrogen and oxygen atoms in total. The van der Waals surface area contributed by atoms with Crippen LogP contribution in [0.15, 0.2) is 57.1 Å². The summed E-state index contributed by atoms with van der Waals surface area (Å²) < 4.78 is 5.78. The summed E-state index contributed by atoms with van der Waals surface area (Å²) in [5.41, 5.74) is 1.51. The summed E-state index contributed by atoms with van der Waals surface area (Å²) >= 11 is 2.63. The molecule has 0 bridgehead atoms. The number of methoxy groups -OCH3 is 1. The number of nitrogens with zero attached hydrogens (tertiary/aromatic N) is 2. The van der Waals surface area contributed by atoms with Crippen LogP contribution in [0.2, 0.25) is 0 Å². The van der Waals surface area contributed by atoms with Gasteiger partial charge in [0.05, 0.1) is 16.9 Å². The van der Waals surface area contributed by atoms with Crippen LogP contribution in [0, 0.1) is 17.0 Å². The van der Waals surface area contributed by atoms with Crippen molar-refractivity contribution in [1.82, 2.24) is 4.98 Å². The number of carbonyl (C=O) groups excluding carboxylic acids is 1. The van der Waals surface area contributed by atoms with E-state index in [1.165, 1.54) is 29.2 Å². The lowest BCUT2D eigenvalue weighted by molar-refractivity contribution is -0.387. The third kappa shape index (κ3) is 4.63. The number of amides is 1. The quantitative estimate of drug-likeness (QED) is 0.472. The van der Waals surface area contributed by atoms with Crippen LogP contribution in [0.4, 0.5) is 11.4 Å². The zero-order chi connectivity index (χ0) is 19.4. The predicted octanol–water partition coefficient (Wildman–Crippen LogP) is 4.77. The van der Waals surface area contributed by atoms with E-state index in [-0.39, 0.29) is 11.3 Å². The maximum atomic E-state index is 12.4. The van der Waals surface area contributed by atoms with Gasteiger partial charge in [0.1, 0.15) is 5.75 Å². The van der Waals surface area contributed by atoms with E-state index >= 15 is 0 Å². The molecule has 0 spiro atoms. The Hall–Kier alpha value is -2.91. The minimum absolute atomic E-state index is 0.129. The summed E-state index contributed by atoms with van der Waals surface area (Å²) in [5, 5.41) is 16.0. The molecule has 9 heteroatoms. The van der Waals surface area contributed by atoms with Gasteiger partial charge in [-0.25, -0.2) is 4.98 Å². The van der Waals surface area contributed by atoms with E-state index in [0.29, 0.717) is 20.7 Å². The fraction of sp³-hybridized carbons (Fsp3) is 0.111. The summed E-state index contributed by atoms with van der Waals surface area (Å²) in [6, 6.07) is 11.2. The smallest absolute Gasteiger partial charge is 0.284 e. The van der Waals surface area contributed by atoms with Crippen LogP contribution in [0.5, 0.6) is 5.75 Å². The number of nitro benzene ring substituents is 1. The van der Waals surface area contributed by atoms with E-state index in [2.05, 4.69) is 10.3 Å². The molecule has 1 amide bonds. The van der Waals surface area contributed by atoms with E-state index in [9.17, 15) is 14.9 Å². The molecule has 1 heterocycles. The van der Waals surface area contributed by atoms with Crippen LogP contribution < -0.4 is 10.1 Å². The SMILES string of the molecule is COc1ccc(NC(=O)c2ccc(Sc3nc(C)cs3)c([N+](=O)[O-])c2)cc1. The number of nitrogens with one attached hydrogen (secondary N) is 1. The van der Waals surface area contributed by atoms with Crippen molar-refractivity contribution in [2.75, 3.05) is 12.4 Å². The monoisotopic (exact) mass is 401 g/mol. The van der Waals surface area contributed by atoms with Crippen LogP contribution >= 0.6 is 23.1 Å². The van der Waals surface area contributed by atoms with E-state index in [1.807, 2.05) is 12.3 Å². The second-order valence-electron chi connectivity index (χ2n) is 5.48. The number of carbonyl (C=O) groups is 1. The molecule has 0 unspecified atom stereocenters. The van der Waals surface area contributed by atoms with E-state index in [4.69, 9.17) is 4.74 Å². The van der Waals surface area contributed by atoms with E-state index < -0.39 is 10.8 Å². The minimum atomic E-state index is -0.493. The first-order valence-corrected chi connectivity index (χ1v) is 9.49. The Balaban J connectivity index is 1.81. The van der Waals surface area contributed by atoms with Gasteiger partial charge in [0.15, 0.2) is 4.34 Å². The van der Waals surface area contributed by atoms with Gasteiger partial charge in [-0.05, 0) is 43.3 Å². The Kier molecular flexibility index (Phi) is 5.72. The van der Waals surface area contributed by atoms with Crippen LogP contribution in [0.1, 0.15) is 16.1 Å². The zero-order valence-corrected chi connectivity index (χ0v) is 16.1. The molecule has 3 aromatic rings. The molecule has 3 rings (SSSR count). The molecular weight excluding hydrogens is 386 g/mol. The molecule has 0 aliphatic heterocycles. The summed E-state index contributed by atoms with van der Waals surface area (Å²) in [4.78, 5) is 28.1. The Morgan fingerprint density at radius 2 is 2.00 bits per heavy atom. The number of anilines is 1. The van der Waals surface area contributed by atoms with Crippen molar-refractivity contribution in [3.8, 4) is 5.75 Å². The fourth-order valence-electron chi connectivity index (χ4n) is 2.24. The molecule has 0 saturated heterocycles. The normalized spacial score (nSPS) is 10.4. The number of benzene rings is 2. The van der Waals surface area contributed by atoms with Crippen LogP contribution in [-0.2, 0) is 0 Å². The Morgan fingerprint density at radius 1 is 1.26 bits per heavy atom. The molecule has 1 N–H and O–H groups in total. The number of rotatable bonds is 6. The predicted molar refractivity (Wildman–Crippen MR) is 105 cm³/mol. The second kappa shape index (κ2) is 8.19. The van der Waals surface area contributed by atoms with Crippen molar-refractivity contribution in [3.63, 3.8) is 0 Å². The van der Waals surface area contributed by atoms with E-state index in [1.54, 1.807) is 43.5 Å². The number of hydrogen-bond acceptors (Lipinski definition) is 7. The van der Waals surface area contributed by atoms with Crippen LogP contribution in [0.25, 0.3) is 0 Å². The Morgan fingerprint density at radius 3 is 2.59 bits per heavy atom. The number of ether oxygens (including phenoxy) is 1. The lowest BCUT2D eigenvalue weighted by atomic mass is 10.2. The topological polar surface area (TPSA) is 94.4 Å². The average Bonchev–Trinajstić information content (AvgIpc) is 3.07. The number of hydrogen-bond donors (Lipinski definition) is 1. The lowest BCUT2D eigenvalue weighted by Crippen LogP contribution is -2.12. The van der Waals surface area contributed by atoms with Gasteiger partial charge >= 0.3 is 0 Å². The summed E-state index contributed by atoms with van der Waals surface area (Å²) in [6.07, 6.45) is 0. The number of thiazole rings is 1. The zero-order valence-electron chi connectivity index (χ0n) is 14.5. The molecule has 1 aromatic heterocycles. The lowest BCUT2D eigenvalue weighted by Gasteiger charge is -2.07. The first-order chi connectivity index (χ1) is 13.0. The molecule has 138 valence electrons. The standard InChI is InChI=1S/C18H15N3O4S2/c1-11-10-26-18(19-11)27-16-8-3-12(9-15(16)21(23)24)17(22)20-13-4-6-14(25-2)7-5-13/h3-10H,1-2H3,(H,20,22). The Bertz CT molecular complexity index is 987. The highest BCUT2D eigenvalue weighted by Gasteiger charge is 2.19.